The van der Waals surface area contributed by atoms with Gasteiger partial charge in [0.15, 0.2) is 0 Å². The van der Waals surface area contributed by atoms with Crippen molar-refractivity contribution in [2.24, 2.45) is 0 Å². The molecule has 0 spiro atoms. The molecule has 1 aliphatic rings. The average Bonchev–Trinajstić information content (AvgIpc) is 3.25. The van der Waals surface area contributed by atoms with Gasteiger partial charge in [-0.25, -0.2) is 9.36 Å². The standard InChI is InChI=1S/C18H19N5O/c1-13-10-14(2)23-17(8-9-19-23)22(13)18(24)15-11-20-21(12-15)16-6-4-3-5-7-16/h3-9,11-14H,10H2,1-2H3. The third kappa shape index (κ3) is 2.31. The van der Waals surface area contributed by atoms with Crippen molar-refractivity contribution in [2.45, 2.75) is 32.4 Å². The predicted octanol–water partition coefficient (Wildman–Crippen LogP) is 3.07. The molecule has 0 fully saturated rings. The maximum atomic E-state index is 13.1. The maximum absolute atomic E-state index is 13.1. The van der Waals surface area contributed by atoms with Gasteiger partial charge in [-0.15, -0.1) is 0 Å². The van der Waals surface area contributed by atoms with E-state index in [-0.39, 0.29) is 11.9 Å². The van der Waals surface area contributed by atoms with Crippen molar-refractivity contribution >= 4 is 11.7 Å². The first-order chi connectivity index (χ1) is 11.6. The van der Waals surface area contributed by atoms with Gasteiger partial charge < -0.3 is 0 Å². The highest BCUT2D eigenvalue weighted by atomic mass is 16.2. The minimum Gasteiger partial charge on any atom is -0.290 e. The number of amides is 1. The van der Waals surface area contributed by atoms with Gasteiger partial charge >= 0.3 is 0 Å². The van der Waals surface area contributed by atoms with Crippen molar-refractivity contribution in [3.05, 3.63) is 60.6 Å². The Labute approximate surface area is 140 Å². The van der Waals surface area contributed by atoms with Gasteiger partial charge in [-0.3, -0.25) is 9.69 Å². The quantitative estimate of drug-likeness (QED) is 0.729. The summed E-state index contributed by atoms with van der Waals surface area (Å²) in [6.07, 6.45) is 6.04. The van der Waals surface area contributed by atoms with Crippen LogP contribution in [0.4, 0.5) is 5.82 Å². The molecule has 0 aliphatic carbocycles. The summed E-state index contributed by atoms with van der Waals surface area (Å²) in [6.45, 7) is 4.20. The Hall–Kier alpha value is -2.89. The van der Waals surface area contributed by atoms with E-state index >= 15 is 0 Å². The molecule has 122 valence electrons. The summed E-state index contributed by atoms with van der Waals surface area (Å²) in [4.78, 5) is 14.9. The molecular weight excluding hydrogens is 302 g/mol. The van der Waals surface area contributed by atoms with Gasteiger partial charge in [0.1, 0.15) is 5.82 Å². The molecule has 0 bridgehead atoms. The first-order valence-electron chi connectivity index (χ1n) is 8.12. The summed E-state index contributed by atoms with van der Waals surface area (Å²) in [5.41, 5.74) is 1.51. The summed E-state index contributed by atoms with van der Waals surface area (Å²) < 4.78 is 3.64. The molecule has 2 aromatic heterocycles. The Morgan fingerprint density at radius 2 is 1.88 bits per heavy atom. The van der Waals surface area contributed by atoms with Crippen LogP contribution in [0.5, 0.6) is 0 Å². The van der Waals surface area contributed by atoms with Gasteiger partial charge in [0.2, 0.25) is 0 Å². The van der Waals surface area contributed by atoms with Gasteiger partial charge in [-0.05, 0) is 32.4 Å². The van der Waals surface area contributed by atoms with Crippen LogP contribution in [0.3, 0.4) is 0 Å². The van der Waals surface area contributed by atoms with Crippen LogP contribution in [0.15, 0.2) is 55.0 Å². The van der Waals surface area contributed by atoms with Crippen molar-refractivity contribution in [1.82, 2.24) is 19.6 Å². The fourth-order valence-corrected chi connectivity index (χ4v) is 3.36. The Balaban J connectivity index is 1.68. The van der Waals surface area contributed by atoms with Crippen molar-refractivity contribution in [3.63, 3.8) is 0 Å². The molecule has 0 N–H and O–H groups in total. The number of anilines is 1. The molecule has 0 radical (unpaired) electrons. The molecule has 1 amide bonds. The van der Waals surface area contributed by atoms with E-state index in [0.717, 1.165) is 17.9 Å². The lowest BCUT2D eigenvalue weighted by molar-refractivity contribution is 0.0966. The fraction of sp³-hybridized carbons (Fsp3) is 0.278. The van der Waals surface area contributed by atoms with E-state index in [1.165, 1.54) is 0 Å². The number of rotatable bonds is 2. The second-order valence-corrected chi connectivity index (χ2v) is 6.25. The van der Waals surface area contributed by atoms with Crippen LogP contribution in [-0.4, -0.2) is 31.5 Å². The van der Waals surface area contributed by atoms with Crippen molar-refractivity contribution in [3.8, 4) is 5.69 Å². The summed E-state index contributed by atoms with van der Waals surface area (Å²) in [5.74, 6) is 0.803. The molecule has 3 aromatic rings. The van der Waals surface area contributed by atoms with Crippen molar-refractivity contribution < 1.29 is 4.79 Å². The van der Waals surface area contributed by atoms with E-state index in [1.807, 2.05) is 46.0 Å². The van der Waals surface area contributed by atoms with Crippen LogP contribution < -0.4 is 4.90 Å². The maximum Gasteiger partial charge on any atom is 0.262 e. The molecule has 24 heavy (non-hydrogen) atoms. The monoisotopic (exact) mass is 321 g/mol. The SMILES string of the molecule is CC1CC(C)n2nccc2N1C(=O)c1cnn(-c2ccccc2)c1. The molecule has 4 rings (SSSR count). The predicted molar refractivity (Wildman–Crippen MR) is 91.4 cm³/mol. The number of nitrogens with zero attached hydrogens (tertiary/aromatic N) is 5. The van der Waals surface area contributed by atoms with Crippen LogP contribution in [0.25, 0.3) is 5.69 Å². The molecule has 2 unspecified atom stereocenters. The zero-order chi connectivity index (χ0) is 16.7. The van der Waals surface area contributed by atoms with Gasteiger partial charge in [0.05, 0.1) is 29.7 Å². The molecule has 1 aliphatic heterocycles. The Morgan fingerprint density at radius 3 is 2.67 bits per heavy atom. The highest BCUT2D eigenvalue weighted by molar-refractivity contribution is 6.06. The van der Waals surface area contributed by atoms with Crippen LogP contribution >= 0.6 is 0 Å². The first kappa shape index (κ1) is 14.7. The number of hydrogen-bond donors (Lipinski definition) is 0. The van der Waals surface area contributed by atoms with Crippen LogP contribution in [-0.2, 0) is 0 Å². The number of para-hydroxylation sites is 1. The zero-order valence-corrected chi connectivity index (χ0v) is 13.7. The van der Waals surface area contributed by atoms with Crippen LogP contribution in [0, 0.1) is 0 Å². The molecule has 1 aromatic carbocycles. The molecule has 0 saturated carbocycles. The molecule has 3 heterocycles. The highest BCUT2D eigenvalue weighted by Gasteiger charge is 2.33. The van der Waals surface area contributed by atoms with Crippen molar-refractivity contribution in [1.29, 1.82) is 0 Å². The zero-order valence-electron chi connectivity index (χ0n) is 13.7. The van der Waals surface area contributed by atoms with E-state index in [9.17, 15) is 4.79 Å². The fourth-order valence-electron chi connectivity index (χ4n) is 3.36. The van der Waals surface area contributed by atoms with Crippen molar-refractivity contribution in [2.75, 3.05) is 4.90 Å². The number of fused-ring (bicyclic) bond motifs is 1. The highest BCUT2D eigenvalue weighted by Crippen LogP contribution is 2.32. The molecular formula is C18H19N5O. The minimum atomic E-state index is -0.0432. The lowest BCUT2D eigenvalue weighted by atomic mass is 10.0. The Bertz CT molecular complexity index is 866. The largest absolute Gasteiger partial charge is 0.290 e. The number of aromatic nitrogens is 4. The minimum absolute atomic E-state index is 0.0432. The smallest absolute Gasteiger partial charge is 0.262 e. The lowest BCUT2D eigenvalue weighted by Crippen LogP contribution is -2.44. The first-order valence-corrected chi connectivity index (χ1v) is 8.12. The van der Waals surface area contributed by atoms with Crippen LogP contribution in [0.1, 0.15) is 36.7 Å². The second-order valence-electron chi connectivity index (χ2n) is 6.25. The molecule has 2 atom stereocenters. The second kappa shape index (κ2) is 5.63. The average molecular weight is 321 g/mol. The third-order valence-electron chi connectivity index (χ3n) is 4.51. The van der Waals surface area contributed by atoms with Gasteiger partial charge in [-0.1, -0.05) is 18.2 Å². The van der Waals surface area contributed by atoms with Gasteiger partial charge in [0.25, 0.3) is 5.91 Å². The topological polar surface area (TPSA) is 56.0 Å². The number of carbonyl (C=O) groups is 1. The molecule has 6 heteroatoms. The van der Waals surface area contributed by atoms with E-state index in [4.69, 9.17) is 0 Å². The number of carbonyl (C=O) groups excluding carboxylic acids is 1. The van der Waals surface area contributed by atoms with E-state index in [0.29, 0.717) is 11.6 Å². The van der Waals surface area contributed by atoms with E-state index in [2.05, 4.69) is 24.0 Å². The Kier molecular flexibility index (Phi) is 3.45. The van der Waals surface area contributed by atoms with E-state index in [1.54, 1.807) is 23.3 Å². The summed E-state index contributed by atoms with van der Waals surface area (Å²) in [7, 11) is 0. The summed E-state index contributed by atoms with van der Waals surface area (Å²) in [6, 6.07) is 12.1. The van der Waals surface area contributed by atoms with Gasteiger partial charge in [-0.2, -0.15) is 10.2 Å². The van der Waals surface area contributed by atoms with E-state index < -0.39 is 0 Å². The molecule has 0 saturated heterocycles. The van der Waals surface area contributed by atoms with Gasteiger partial charge in [0, 0.05) is 18.3 Å². The number of benzene rings is 1. The molecule has 6 nitrogen and oxygen atoms in total. The summed E-state index contributed by atoms with van der Waals surface area (Å²) in [5, 5.41) is 8.69. The summed E-state index contributed by atoms with van der Waals surface area (Å²) >= 11 is 0. The third-order valence-corrected chi connectivity index (χ3v) is 4.51. The number of hydrogen-bond acceptors (Lipinski definition) is 3. The normalized spacial score (nSPS) is 20.0. The van der Waals surface area contributed by atoms with Crippen LogP contribution in [0.2, 0.25) is 0 Å². The lowest BCUT2D eigenvalue weighted by Gasteiger charge is -2.36. The Morgan fingerprint density at radius 1 is 1.08 bits per heavy atom.